The van der Waals surface area contributed by atoms with E-state index in [1.165, 1.54) is 42.4 Å². The van der Waals surface area contributed by atoms with Crippen molar-refractivity contribution < 1.29 is 4.74 Å². The van der Waals surface area contributed by atoms with Crippen molar-refractivity contribution in [3.63, 3.8) is 0 Å². The maximum absolute atomic E-state index is 5.61. The topological polar surface area (TPSA) is 21.3 Å². The van der Waals surface area contributed by atoms with Crippen LogP contribution in [0.15, 0.2) is 12.1 Å². The van der Waals surface area contributed by atoms with Crippen LogP contribution in [-0.2, 0) is 0 Å². The molecule has 1 aliphatic heterocycles. The van der Waals surface area contributed by atoms with Crippen LogP contribution in [0, 0.1) is 13.8 Å². The summed E-state index contributed by atoms with van der Waals surface area (Å²) in [6.07, 6.45) is 5.17. The van der Waals surface area contributed by atoms with Gasteiger partial charge in [-0.05, 0) is 44.4 Å². The summed E-state index contributed by atoms with van der Waals surface area (Å²) in [5.74, 6) is 1.07. The first-order valence-corrected chi connectivity index (χ1v) is 6.61. The molecule has 94 valence electrons. The standard InChI is InChI=1S/C15H23NO/c1-11-8-9-13(15(17-3)12(11)2)14-7-5-4-6-10-16-14/h8-9,14,16H,4-7,10H2,1-3H3. The van der Waals surface area contributed by atoms with Crippen molar-refractivity contribution in [2.45, 2.75) is 45.6 Å². The molecule has 0 aromatic heterocycles. The summed E-state index contributed by atoms with van der Waals surface area (Å²) in [6.45, 7) is 5.41. The third kappa shape index (κ3) is 2.63. The second kappa shape index (κ2) is 5.54. The highest BCUT2D eigenvalue weighted by Crippen LogP contribution is 2.33. The van der Waals surface area contributed by atoms with Gasteiger partial charge in [0.2, 0.25) is 0 Å². The van der Waals surface area contributed by atoms with Crippen LogP contribution in [0.25, 0.3) is 0 Å². The molecule has 1 unspecified atom stereocenters. The minimum absolute atomic E-state index is 0.465. The first-order chi connectivity index (χ1) is 8.24. The molecule has 2 heteroatoms. The third-order valence-electron chi connectivity index (χ3n) is 3.85. The molecule has 1 heterocycles. The Balaban J connectivity index is 2.33. The molecule has 1 saturated heterocycles. The maximum atomic E-state index is 5.61. The Kier molecular flexibility index (Phi) is 4.06. The van der Waals surface area contributed by atoms with Gasteiger partial charge >= 0.3 is 0 Å². The second-order valence-corrected chi connectivity index (χ2v) is 4.99. The molecule has 17 heavy (non-hydrogen) atoms. The number of rotatable bonds is 2. The zero-order chi connectivity index (χ0) is 12.3. The SMILES string of the molecule is COc1c(C2CCCCCN2)ccc(C)c1C. The Morgan fingerprint density at radius 3 is 2.76 bits per heavy atom. The number of hydrogen-bond donors (Lipinski definition) is 1. The number of ether oxygens (including phenoxy) is 1. The van der Waals surface area contributed by atoms with E-state index in [2.05, 4.69) is 31.3 Å². The molecule has 0 amide bonds. The lowest BCUT2D eigenvalue weighted by molar-refractivity contribution is 0.394. The molecular weight excluding hydrogens is 210 g/mol. The van der Waals surface area contributed by atoms with Gasteiger partial charge in [-0.1, -0.05) is 25.0 Å². The molecule has 0 bridgehead atoms. The van der Waals surface area contributed by atoms with Crippen molar-refractivity contribution in [2.75, 3.05) is 13.7 Å². The number of hydrogen-bond acceptors (Lipinski definition) is 2. The highest BCUT2D eigenvalue weighted by atomic mass is 16.5. The van der Waals surface area contributed by atoms with Gasteiger partial charge < -0.3 is 10.1 Å². The van der Waals surface area contributed by atoms with E-state index in [0.717, 1.165) is 12.3 Å². The minimum atomic E-state index is 0.465. The smallest absolute Gasteiger partial charge is 0.126 e. The third-order valence-corrected chi connectivity index (χ3v) is 3.85. The summed E-state index contributed by atoms with van der Waals surface area (Å²) < 4.78 is 5.61. The zero-order valence-electron chi connectivity index (χ0n) is 11.2. The molecular formula is C15H23NO. The van der Waals surface area contributed by atoms with E-state index < -0.39 is 0 Å². The molecule has 0 radical (unpaired) electrons. The van der Waals surface area contributed by atoms with Crippen LogP contribution in [0.4, 0.5) is 0 Å². The van der Waals surface area contributed by atoms with Crippen LogP contribution in [0.1, 0.15) is 48.4 Å². The zero-order valence-corrected chi connectivity index (χ0v) is 11.2. The molecule has 1 fully saturated rings. The molecule has 1 aliphatic rings. The molecule has 0 spiro atoms. The van der Waals surface area contributed by atoms with E-state index in [9.17, 15) is 0 Å². The summed E-state index contributed by atoms with van der Waals surface area (Å²) >= 11 is 0. The van der Waals surface area contributed by atoms with Gasteiger partial charge in [0.1, 0.15) is 5.75 Å². The molecule has 2 nitrogen and oxygen atoms in total. The van der Waals surface area contributed by atoms with Crippen LogP contribution in [0.3, 0.4) is 0 Å². The fourth-order valence-electron chi connectivity index (χ4n) is 2.65. The van der Waals surface area contributed by atoms with Crippen molar-refractivity contribution in [3.05, 3.63) is 28.8 Å². The number of nitrogens with one attached hydrogen (secondary N) is 1. The molecule has 1 atom stereocenters. The van der Waals surface area contributed by atoms with Crippen LogP contribution in [-0.4, -0.2) is 13.7 Å². The number of benzene rings is 1. The van der Waals surface area contributed by atoms with E-state index in [1.807, 2.05) is 0 Å². The lowest BCUT2D eigenvalue weighted by atomic mass is 9.96. The average Bonchev–Trinajstić information content (AvgIpc) is 2.61. The van der Waals surface area contributed by atoms with Gasteiger partial charge in [0.15, 0.2) is 0 Å². The van der Waals surface area contributed by atoms with Gasteiger partial charge in [-0.2, -0.15) is 0 Å². The van der Waals surface area contributed by atoms with Crippen molar-refractivity contribution in [1.29, 1.82) is 0 Å². The van der Waals surface area contributed by atoms with Gasteiger partial charge in [0, 0.05) is 11.6 Å². The fraction of sp³-hybridized carbons (Fsp3) is 0.600. The molecule has 0 saturated carbocycles. The highest BCUT2D eigenvalue weighted by Gasteiger charge is 2.19. The van der Waals surface area contributed by atoms with Gasteiger partial charge in [-0.3, -0.25) is 0 Å². The quantitative estimate of drug-likeness (QED) is 0.844. The molecule has 1 N–H and O–H groups in total. The van der Waals surface area contributed by atoms with E-state index in [-0.39, 0.29) is 0 Å². The van der Waals surface area contributed by atoms with E-state index in [0.29, 0.717) is 6.04 Å². The fourth-order valence-corrected chi connectivity index (χ4v) is 2.65. The monoisotopic (exact) mass is 233 g/mol. The van der Waals surface area contributed by atoms with Crippen molar-refractivity contribution in [2.24, 2.45) is 0 Å². The average molecular weight is 233 g/mol. The second-order valence-electron chi connectivity index (χ2n) is 4.99. The van der Waals surface area contributed by atoms with Crippen LogP contribution >= 0.6 is 0 Å². The summed E-state index contributed by atoms with van der Waals surface area (Å²) in [6, 6.07) is 4.90. The van der Waals surface area contributed by atoms with Gasteiger partial charge in [-0.25, -0.2) is 0 Å². The van der Waals surface area contributed by atoms with Crippen molar-refractivity contribution in [1.82, 2.24) is 5.32 Å². The molecule has 1 aromatic rings. The van der Waals surface area contributed by atoms with Crippen LogP contribution in [0.5, 0.6) is 5.75 Å². The highest BCUT2D eigenvalue weighted by molar-refractivity contribution is 5.46. The van der Waals surface area contributed by atoms with Gasteiger partial charge in [0.05, 0.1) is 7.11 Å². The summed E-state index contributed by atoms with van der Waals surface area (Å²) in [7, 11) is 1.78. The van der Waals surface area contributed by atoms with Crippen molar-refractivity contribution >= 4 is 0 Å². The maximum Gasteiger partial charge on any atom is 0.126 e. The van der Waals surface area contributed by atoms with Crippen LogP contribution in [0.2, 0.25) is 0 Å². The minimum Gasteiger partial charge on any atom is -0.496 e. The van der Waals surface area contributed by atoms with Crippen LogP contribution < -0.4 is 10.1 Å². The lowest BCUT2D eigenvalue weighted by Gasteiger charge is -2.21. The first kappa shape index (κ1) is 12.4. The Morgan fingerprint density at radius 2 is 2.00 bits per heavy atom. The summed E-state index contributed by atoms with van der Waals surface area (Å²) in [4.78, 5) is 0. The summed E-state index contributed by atoms with van der Waals surface area (Å²) in [5.41, 5.74) is 3.91. The van der Waals surface area contributed by atoms with E-state index >= 15 is 0 Å². The predicted octanol–water partition coefficient (Wildman–Crippen LogP) is 3.52. The number of methoxy groups -OCH3 is 1. The Labute approximate surface area is 104 Å². The van der Waals surface area contributed by atoms with E-state index in [4.69, 9.17) is 4.74 Å². The largest absolute Gasteiger partial charge is 0.496 e. The molecule has 0 aliphatic carbocycles. The van der Waals surface area contributed by atoms with E-state index in [1.54, 1.807) is 7.11 Å². The molecule has 2 rings (SSSR count). The Hall–Kier alpha value is -1.02. The first-order valence-electron chi connectivity index (χ1n) is 6.61. The molecule has 1 aromatic carbocycles. The predicted molar refractivity (Wildman–Crippen MR) is 71.7 cm³/mol. The lowest BCUT2D eigenvalue weighted by Crippen LogP contribution is -2.21. The summed E-state index contributed by atoms with van der Waals surface area (Å²) in [5, 5.41) is 3.64. The Bertz CT molecular complexity index is 379. The van der Waals surface area contributed by atoms with Gasteiger partial charge in [-0.15, -0.1) is 0 Å². The normalized spacial score (nSPS) is 21.0. The number of aryl methyl sites for hydroxylation is 1. The van der Waals surface area contributed by atoms with Gasteiger partial charge in [0.25, 0.3) is 0 Å². The Morgan fingerprint density at radius 1 is 1.18 bits per heavy atom. The van der Waals surface area contributed by atoms with Crippen molar-refractivity contribution in [3.8, 4) is 5.75 Å².